The van der Waals surface area contributed by atoms with Gasteiger partial charge in [0.2, 0.25) is 0 Å². The topological polar surface area (TPSA) is 31.2 Å². The van der Waals surface area contributed by atoms with Gasteiger partial charge in [0.05, 0.1) is 12.7 Å². The van der Waals surface area contributed by atoms with E-state index < -0.39 is 0 Å². The van der Waals surface area contributed by atoms with E-state index in [1.165, 1.54) is 7.11 Å². The zero-order valence-corrected chi connectivity index (χ0v) is 7.63. The Morgan fingerprint density at radius 1 is 1.58 bits per heavy atom. The second-order valence-electron chi connectivity index (χ2n) is 2.71. The van der Waals surface area contributed by atoms with Crippen LogP contribution in [0.4, 0.5) is 0 Å². The van der Waals surface area contributed by atoms with E-state index in [9.17, 15) is 4.79 Å². The van der Waals surface area contributed by atoms with Crippen LogP contribution in [0.25, 0.3) is 0 Å². The maximum atomic E-state index is 11.2. The average molecular weight is 167 g/mol. The van der Waals surface area contributed by atoms with Gasteiger partial charge in [0.25, 0.3) is 0 Å². The Morgan fingerprint density at radius 2 is 2.25 bits per heavy atom. The Kier molecular flexibility index (Phi) is 2.53. The molecule has 0 amide bonds. The molecule has 0 atom stereocenters. The fourth-order valence-electron chi connectivity index (χ4n) is 1.21. The van der Waals surface area contributed by atoms with Gasteiger partial charge in [0.1, 0.15) is 0 Å². The lowest BCUT2D eigenvalue weighted by atomic mass is 10.1. The summed E-state index contributed by atoms with van der Waals surface area (Å²) in [6.45, 7) is 2.02. The van der Waals surface area contributed by atoms with Crippen molar-refractivity contribution in [2.24, 2.45) is 7.05 Å². The summed E-state index contributed by atoms with van der Waals surface area (Å²) in [5.74, 6) is -0.257. The van der Waals surface area contributed by atoms with Crippen molar-refractivity contribution in [2.45, 2.75) is 13.3 Å². The summed E-state index contributed by atoms with van der Waals surface area (Å²) in [4.78, 5) is 11.2. The molecule has 3 heteroatoms. The minimum atomic E-state index is -0.257. The normalized spacial score (nSPS) is 9.92. The molecule has 1 heterocycles. The van der Waals surface area contributed by atoms with E-state index in [4.69, 9.17) is 0 Å². The second-order valence-corrected chi connectivity index (χ2v) is 2.71. The van der Waals surface area contributed by atoms with Gasteiger partial charge in [-0.2, -0.15) is 0 Å². The number of nitrogens with zero attached hydrogens (tertiary/aromatic N) is 1. The molecule has 1 aromatic rings. The van der Waals surface area contributed by atoms with Crippen LogP contribution in [0.3, 0.4) is 0 Å². The molecule has 12 heavy (non-hydrogen) atoms. The first-order chi connectivity index (χ1) is 5.69. The third-order valence-electron chi connectivity index (χ3n) is 1.82. The quantitative estimate of drug-likeness (QED) is 0.623. The molecule has 0 aromatic carbocycles. The molecule has 0 saturated carbocycles. The number of rotatable bonds is 2. The standard InChI is InChI=1S/C9H13NO2/c1-4-7-5-10(2)6-8(7)9(11)12-3/h5-6H,4H2,1-3H3. The second kappa shape index (κ2) is 3.43. The SMILES string of the molecule is CCc1cn(C)cc1C(=O)OC. The minimum Gasteiger partial charge on any atom is -0.465 e. The lowest BCUT2D eigenvalue weighted by molar-refractivity contribution is 0.0599. The van der Waals surface area contributed by atoms with Gasteiger partial charge < -0.3 is 9.30 Å². The Bertz CT molecular complexity index is 289. The van der Waals surface area contributed by atoms with Crippen LogP contribution in [-0.4, -0.2) is 17.6 Å². The molecule has 0 fully saturated rings. The van der Waals surface area contributed by atoms with E-state index >= 15 is 0 Å². The van der Waals surface area contributed by atoms with Gasteiger partial charge >= 0.3 is 5.97 Å². The predicted octanol–water partition coefficient (Wildman–Crippen LogP) is 1.37. The van der Waals surface area contributed by atoms with E-state index in [1.807, 2.05) is 24.7 Å². The summed E-state index contributed by atoms with van der Waals surface area (Å²) in [6, 6.07) is 0. The largest absolute Gasteiger partial charge is 0.465 e. The van der Waals surface area contributed by atoms with Crippen molar-refractivity contribution in [3.8, 4) is 0 Å². The highest BCUT2D eigenvalue weighted by atomic mass is 16.5. The molecule has 0 aliphatic carbocycles. The van der Waals surface area contributed by atoms with E-state index in [2.05, 4.69) is 4.74 Å². The third-order valence-corrected chi connectivity index (χ3v) is 1.82. The average Bonchev–Trinajstić information content (AvgIpc) is 2.45. The van der Waals surface area contributed by atoms with E-state index in [0.29, 0.717) is 5.56 Å². The zero-order valence-electron chi connectivity index (χ0n) is 7.63. The summed E-state index contributed by atoms with van der Waals surface area (Å²) >= 11 is 0. The molecule has 1 aromatic heterocycles. The van der Waals surface area contributed by atoms with Crippen molar-refractivity contribution >= 4 is 5.97 Å². The number of carbonyl (C=O) groups is 1. The first kappa shape index (κ1) is 8.84. The number of aryl methyl sites for hydroxylation is 2. The van der Waals surface area contributed by atoms with Crippen LogP contribution in [-0.2, 0) is 18.2 Å². The van der Waals surface area contributed by atoms with E-state index in [-0.39, 0.29) is 5.97 Å². The minimum absolute atomic E-state index is 0.257. The molecular formula is C9H13NO2. The predicted molar refractivity (Wildman–Crippen MR) is 46.1 cm³/mol. The molecule has 66 valence electrons. The van der Waals surface area contributed by atoms with Gasteiger partial charge in [-0.25, -0.2) is 4.79 Å². The molecule has 0 aliphatic heterocycles. The number of ether oxygens (including phenoxy) is 1. The van der Waals surface area contributed by atoms with Crippen molar-refractivity contribution in [1.29, 1.82) is 0 Å². The number of esters is 1. The molecule has 0 radical (unpaired) electrons. The van der Waals surface area contributed by atoms with Crippen LogP contribution in [0.2, 0.25) is 0 Å². The van der Waals surface area contributed by atoms with Crippen LogP contribution in [0.1, 0.15) is 22.8 Å². The fourth-order valence-corrected chi connectivity index (χ4v) is 1.21. The van der Waals surface area contributed by atoms with Crippen LogP contribution in [0, 0.1) is 0 Å². The summed E-state index contributed by atoms with van der Waals surface area (Å²) in [5, 5.41) is 0. The number of hydrogen-bond donors (Lipinski definition) is 0. The third kappa shape index (κ3) is 1.49. The Hall–Kier alpha value is -1.25. The number of carbonyl (C=O) groups excluding carboxylic acids is 1. The Morgan fingerprint density at radius 3 is 2.75 bits per heavy atom. The highest BCUT2D eigenvalue weighted by molar-refractivity contribution is 5.90. The monoisotopic (exact) mass is 167 g/mol. The van der Waals surface area contributed by atoms with Gasteiger partial charge in [0.15, 0.2) is 0 Å². The maximum Gasteiger partial charge on any atom is 0.339 e. The van der Waals surface area contributed by atoms with Crippen LogP contribution < -0.4 is 0 Å². The number of methoxy groups -OCH3 is 1. The Labute approximate surface area is 72.0 Å². The zero-order chi connectivity index (χ0) is 9.14. The van der Waals surface area contributed by atoms with Crippen molar-refractivity contribution < 1.29 is 9.53 Å². The smallest absolute Gasteiger partial charge is 0.339 e. The molecule has 0 saturated heterocycles. The van der Waals surface area contributed by atoms with Crippen molar-refractivity contribution in [3.63, 3.8) is 0 Å². The molecule has 3 nitrogen and oxygen atoms in total. The Balaban J connectivity index is 3.04. The summed E-state index contributed by atoms with van der Waals surface area (Å²) in [5.41, 5.74) is 1.70. The molecule has 0 N–H and O–H groups in total. The highest BCUT2D eigenvalue weighted by Crippen LogP contribution is 2.11. The summed E-state index contributed by atoms with van der Waals surface area (Å²) in [6.07, 6.45) is 4.57. The van der Waals surface area contributed by atoms with Crippen molar-refractivity contribution in [3.05, 3.63) is 23.5 Å². The number of aromatic nitrogens is 1. The van der Waals surface area contributed by atoms with Gasteiger partial charge in [-0.1, -0.05) is 6.92 Å². The van der Waals surface area contributed by atoms with Gasteiger partial charge in [-0.3, -0.25) is 0 Å². The molecule has 1 rings (SSSR count). The van der Waals surface area contributed by atoms with Crippen molar-refractivity contribution in [1.82, 2.24) is 4.57 Å². The number of hydrogen-bond acceptors (Lipinski definition) is 2. The lowest BCUT2D eigenvalue weighted by Crippen LogP contribution is -2.02. The van der Waals surface area contributed by atoms with Crippen LogP contribution in [0.5, 0.6) is 0 Å². The van der Waals surface area contributed by atoms with Gasteiger partial charge in [0, 0.05) is 19.4 Å². The van der Waals surface area contributed by atoms with Crippen LogP contribution in [0.15, 0.2) is 12.4 Å². The maximum absolute atomic E-state index is 11.2. The van der Waals surface area contributed by atoms with E-state index in [1.54, 1.807) is 6.20 Å². The van der Waals surface area contributed by atoms with Gasteiger partial charge in [-0.05, 0) is 12.0 Å². The van der Waals surface area contributed by atoms with E-state index in [0.717, 1.165) is 12.0 Å². The molecule has 0 bridgehead atoms. The first-order valence-electron chi connectivity index (χ1n) is 3.92. The fraction of sp³-hybridized carbons (Fsp3) is 0.444. The molecule has 0 spiro atoms. The summed E-state index contributed by atoms with van der Waals surface area (Å²) < 4.78 is 6.51. The van der Waals surface area contributed by atoms with Gasteiger partial charge in [-0.15, -0.1) is 0 Å². The highest BCUT2D eigenvalue weighted by Gasteiger charge is 2.11. The first-order valence-corrected chi connectivity index (χ1v) is 3.92. The molecular weight excluding hydrogens is 154 g/mol. The lowest BCUT2D eigenvalue weighted by Gasteiger charge is -1.97. The molecule has 0 unspecified atom stereocenters. The van der Waals surface area contributed by atoms with Crippen LogP contribution >= 0.6 is 0 Å². The van der Waals surface area contributed by atoms with Crippen molar-refractivity contribution in [2.75, 3.05) is 7.11 Å². The molecule has 0 aliphatic rings. The summed E-state index contributed by atoms with van der Waals surface area (Å²) in [7, 11) is 3.29.